The molecule has 1 unspecified atom stereocenters. The maximum atomic E-state index is 11.7. The second kappa shape index (κ2) is 4.93. The van der Waals surface area contributed by atoms with Gasteiger partial charge in [-0.3, -0.25) is 5.32 Å². The highest BCUT2D eigenvalue weighted by Gasteiger charge is 2.00. The molecule has 0 rings (SSSR count). The van der Waals surface area contributed by atoms with Crippen LogP contribution >= 0.6 is 0 Å². The van der Waals surface area contributed by atoms with Gasteiger partial charge in [0.05, 0.1) is 6.61 Å². The monoisotopic (exact) mass is 125 g/mol. The molecule has 0 saturated carbocycles. The topological polar surface area (TPSA) is 32.3 Å². The number of rotatable bonds is 4. The van der Waals surface area contributed by atoms with Crippen LogP contribution in [0.25, 0.3) is 0 Å². The molecular formula is C4H9F2NO. The summed E-state index contributed by atoms with van der Waals surface area (Å²) < 4.78 is 22.9. The van der Waals surface area contributed by atoms with Crippen LogP contribution in [-0.4, -0.2) is 31.2 Å². The largest absolute Gasteiger partial charge is 0.395 e. The zero-order valence-corrected chi connectivity index (χ0v) is 4.40. The zero-order valence-electron chi connectivity index (χ0n) is 4.40. The molecule has 0 radical (unpaired) electrons. The van der Waals surface area contributed by atoms with Crippen molar-refractivity contribution >= 4 is 0 Å². The molecule has 0 saturated heterocycles. The number of aliphatic hydroxyl groups is 1. The molecule has 0 aliphatic heterocycles. The van der Waals surface area contributed by atoms with E-state index in [1.807, 2.05) is 0 Å². The Morgan fingerprint density at radius 1 is 1.62 bits per heavy atom. The predicted molar refractivity (Wildman–Crippen MR) is 26.0 cm³/mol. The summed E-state index contributed by atoms with van der Waals surface area (Å²) in [6.45, 7) is -1.11. The summed E-state index contributed by atoms with van der Waals surface area (Å²) in [7, 11) is 0. The molecule has 0 fully saturated rings. The number of halogens is 2. The van der Waals surface area contributed by atoms with E-state index in [-0.39, 0.29) is 13.2 Å². The first-order valence-electron chi connectivity index (χ1n) is 2.35. The van der Waals surface area contributed by atoms with Crippen LogP contribution in [0.2, 0.25) is 0 Å². The lowest BCUT2D eigenvalue weighted by molar-refractivity contribution is 0.196. The van der Waals surface area contributed by atoms with E-state index in [0.717, 1.165) is 0 Å². The minimum atomic E-state index is -1.62. The van der Waals surface area contributed by atoms with E-state index in [2.05, 4.69) is 5.32 Å². The summed E-state index contributed by atoms with van der Waals surface area (Å²) in [4.78, 5) is 0. The van der Waals surface area contributed by atoms with Crippen molar-refractivity contribution in [3.63, 3.8) is 0 Å². The van der Waals surface area contributed by atoms with Crippen molar-refractivity contribution in [3.8, 4) is 0 Å². The minimum absolute atomic E-state index is 0.102. The molecule has 0 aliphatic carbocycles. The van der Waals surface area contributed by atoms with E-state index in [1.54, 1.807) is 0 Å². The van der Waals surface area contributed by atoms with Gasteiger partial charge in [0.25, 0.3) is 0 Å². The van der Waals surface area contributed by atoms with Crippen LogP contribution in [-0.2, 0) is 0 Å². The average Bonchev–Trinajstić information content (AvgIpc) is 1.83. The molecule has 50 valence electrons. The highest BCUT2D eigenvalue weighted by Crippen LogP contribution is 1.83. The van der Waals surface area contributed by atoms with E-state index in [1.165, 1.54) is 0 Å². The molecule has 0 aromatic carbocycles. The van der Waals surface area contributed by atoms with Crippen molar-refractivity contribution in [1.82, 2.24) is 5.32 Å². The predicted octanol–water partition coefficient (Wildman–Crippen LogP) is -0.167. The molecule has 0 bridgehead atoms. The SMILES string of the molecule is OCCNC(F)CF. The molecule has 0 amide bonds. The first-order chi connectivity index (χ1) is 3.81. The van der Waals surface area contributed by atoms with E-state index >= 15 is 0 Å². The van der Waals surface area contributed by atoms with Crippen molar-refractivity contribution in [2.24, 2.45) is 0 Å². The third-order valence-corrected chi connectivity index (χ3v) is 0.613. The number of alkyl halides is 2. The second-order valence-corrected chi connectivity index (χ2v) is 1.30. The van der Waals surface area contributed by atoms with Gasteiger partial charge in [0.15, 0.2) is 6.30 Å². The standard InChI is InChI=1S/C4H9F2NO/c5-3-4(6)7-1-2-8/h4,7-8H,1-3H2. The number of nitrogens with one attached hydrogen (secondary N) is 1. The third kappa shape index (κ3) is 3.95. The number of aliphatic hydroxyl groups excluding tert-OH is 1. The van der Waals surface area contributed by atoms with Gasteiger partial charge in [-0.2, -0.15) is 0 Å². The lowest BCUT2D eigenvalue weighted by Crippen LogP contribution is -2.29. The average molecular weight is 125 g/mol. The fourth-order valence-corrected chi connectivity index (χ4v) is 0.276. The Hall–Kier alpha value is -0.220. The molecule has 0 spiro atoms. The molecule has 0 aromatic heterocycles. The van der Waals surface area contributed by atoms with Crippen molar-refractivity contribution in [2.45, 2.75) is 6.30 Å². The smallest absolute Gasteiger partial charge is 0.179 e. The summed E-state index contributed by atoms with van der Waals surface area (Å²) in [5.41, 5.74) is 0. The lowest BCUT2D eigenvalue weighted by atomic mass is 10.6. The molecule has 8 heavy (non-hydrogen) atoms. The van der Waals surface area contributed by atoms with Crippen molar-refractivity contribution in [1.29, 1.82) is 0 Å². The van der Waals surface area contributed by atoms with Gasteiger partial charge in [-0.1, -0.05) is 0 Å². The van der Waals surface area contributed by atoms with E-state index in [4.69, 9.17) is 5.11 Å². The molecule has 2 N–H and O–H groups in total. The van der Waals surface area contributed by atoms with Gasteiger partial charge in [-0.25, -0.2) is 8.78 Å². The van der Waals surface area contributed by atoms with Gasteiger partial charge in [0.2, 0.25) is 0 Å². The third-order valence-electron chi connectivity index (χ3n) is 0.613. The zero-order chi connectivity index (χ0) is 6.41. The Balaban J connectivity index is 2.86. The fourth-order valence-electron chi connectivity index (χ4n) is 0.276. The second-order valence-electron chi connectivity index (χ2n) is 1.30. The summed E-state index contributed by atoms with van der Waals surface area (Å²) in [5.74, 6) is 0. The van der Waals surface area contributed by atoms with Gasteiger partial charge in [0.1, 0.15) is 6.67 Å². The number of hydrogen-bond donors (Lipinski definition) is 2. The highest BCUT2D eigenvalue weighted by atomic mass is 19.2. The van der Waals surface area contributed by atoms with Gasteiger partial charge >= 0.3 is 0 Å². The first kappa shape index (κ1) is 7.78. The molecule has 0 aromatic rings. The van der Waals surface area contributed by atoms with Crippen LogP contribution in [0.1, 0.15) is 0 Å². The van der Waals surface area contributed by atoms with Crippen molar-refractivity contribution < 1.29 is 13.9 Å². The maximum Gasteiger partial charge on any atom is 0.179 e. The highest BCUT2D eigenvalue weighted by molar-refractivity contribution is 4.48. The summed E-state index contributed by atoms with van der Waals surface area (Å²) in [6.07, 6.45) is -1.62. The normalized spacial score (nSPS) is 13.9. The van der Waals surface area contributed by atoms with Gasteiger partial charge in [-0.05, 0) is 0 Å². The molecule has 1 atom stereocenters. The summed E-state index contributed by atoms with van der Waals surface area (Å²) in [6, 6.07) is 0. The quantitative estimate of drug-likeness (QED) is 0.511. The van der Waals surface area contributed by atoms with Crippen LogP contribution in [0.5, 0.6) is 0 Å². The first-order valence-corrected chi connectivity index (χ1v) is 2.35. The lowest BCUT2D eigenvalue weighted by Gasteiger charge is -2.02. The molecule has 0 aliphatic rings. The molecule has 4 heteroatoms. The Morgan fingerprint density at radius 2 is 2.25 bits per heavy atom. The number of hydrogen-bond acceptors (Lipinski definition) is 2. The Morgan fingerprint density at radius 3 is 2.62 bits per heavy atom. The molecule has 0 heterocycles. The van der Waals surface area contributed by atoms with Gasteiger partial charge < -0.3 is 5.11 Å². The summed E-state index contributed by atoms with van der Waals surface area (Å²) in [5, 5.41) is 10.1. The van der Waals surface area contributed by atoms with Crippen molar-refractivity contribution in [2.75, 3.05) is 19.8 Å². The van der Waals surface area contributed by atoms with E-state index in [9.17, 15) is 8.78 Å². The van der Waals surface area contributed by atoms with Gasteiger partial charge in [0, 0.05) is 6.54 Å². The Kier molecular flexibility index (Phi) is 4.79. The van der Waals surface area contributed by atoms with E-state index in [0.29, 0.717) is 0 Å². The van der Waals surface area contributed by atoms with Crippen LogP contribution in [0.4, 0.5) is 8.78 Å². The summed E-state index contributed by atoms with van der Waals surface area (Å²) >= 11 is 0. The Bertz CT molecular complexity index is 53.3. The van der Waals surface area contributed by atoms with Crippen molar-refractivity contribution in [3.05, 3.63) is 0 Å². The minimum Gasteiger partial charge on any atom is -0.395 e. The molecule has 2 nitrogen and oxygen atoms in total. The van der Waals surface area contributed by atoms with Gasteiger partial charge in [-0.15, -0.1) is 0 Å². The van der Waals surface area contributed by atoms with Crippen LogP contribution in [0, 0.1) is 0 Å². The van der Waals surface area contributed by atoms with Crippen LogP contribution < -0.4 is 5.32 Å². The maximum absolute atomic E-state index is 11.7. The molecular weight excluding hydrogens is 116 g/mol. The Labute approximate surface area is 46.5 Å². The van der Waals surface area contributed by atoms with E-state index < -0.39 is 13.0 Å². The fraction of sp³-hybridized carbons (Fsp3) is 1.00. The van der Waals surface area contributed by atoms with Crippen LogP contribution in [0.3, 0.4) is 0 Å². The van der Waals surface area contributed by atoms with Crippen LogP contribution in [0.15, 0.2) is 0 Å².